The van der Waals surface area contributed by atoms with E-state index in [1.165, 1.54) is 17.7 Å². The third kappa shape index (κ3) is 3.47. The maximum atomic E-state index is 10.7. The third-order valence-corrected chi connectivity index (χ3v) is 3.03. The average molecular weight is 271 g/mol. The van der Waals surface area contributed by atoms with E-state index in [9.17, 15) is 10.1 Å². The highest BCUT2D eigenvalue weighted by Gasteiger charge is 2.10. The van der Waals surface area contributed by atoms with Crippen molar-refractivity contribution in [1.82, 2.24) is 0 Å². The first-order chi connectivity index (χ1) is 9.56. The number of nitro groups is 1. The van der Waals surface area contributed by atoms with Crippen LogP contribution in [0.3, 0.4) is 0 Å². The Balaban J connectivity index is 2.04. The molecule has 0 saturated carbocycles. The van der Waals surface area contributed by atoms with Gasteiger partial charge in [-0.15, -0.1) is 0 Å². The van der Waals surface area contributed by atoms with Crippen molar-refractivity contribution in [2.75, 3.05) is 11.1 Å². The Morgan fingerprint density at radius 3 is 2.55 bits per heavy atom. The van der Waals surface area contributed by atoms with Crippen LogP contribution in [-0.4, -0.2) is 11.0 Å². The molecule has 2 aromatic rings. The number of nitro benzene ring substituents is 1. The predicted octanol–water partition coefficient (Wildman–Crippen LogP) is 3.22. The molecule has 0 aliphatic heterocycles. The number of nitrogens with zero attached hydrogens (tertiary/aromatic N) is 1. The minimum absolute atomic E-state index is 0.00348. The second-order valence-electron chi connectivity index (χ2n) is 4.76. The molecule has 0 radical (unpaired) electrons. The molecular weight excluding hydrogens is 254 g/mol. The summed E-state index contributed by atoms with van der Waals surface area (Å²) in [6, 6.07) is 14.8. The van der Waals surface area contributed by atoms with Gasteiger partial charge in [0.15, 0.2) is 0 Å². The lowest BCUT2D eigenvalue weighted by Gasteiger charge is -2.16. The SMILES string of the molecule is CC(Cc1ccccc1)Nc1ccc([N+](=O)[O-])cc1N. The van der Waals surface area contributed by atoms with E-state index in [0.29, 0.717) is 5.69 Å². The van der Waals surface area contributed by atoms with Gasteiger partial charge in [-0.1, -0.05) is 30.3 Å². The van der Waals surface area contributed by atoms with Gasteiger partial charge in [0.1, 0.15) is 0 Å². The lowest BCUT2D eigenvalue weighted by Crippen LogP contribution is -2.18. The van der Waals surface area contributed by atoms with E-state index < -0.39 is 4.92 Å². The molecule has 0 saturated heterocycles. The summed E-state index contributed by atoms with van der Waals surface area (Å²) < 4.78 is 0. The zero-order valence-corrected chi connectivity index (χ0v) is 11.2. The molecule has 3 N–H and O–H groups in total. The smallest absolute Gasteiger partial charge is 0.271 e. The van der Waals surface area contributed by atoms with Crippen LogP contribution in [0.25, 0.3) is 0 Å². The van der Waals surface area contributed by atoms with Gasteiger partial charge in [-0.25, -0.2) is 0 Å². The minimum Gasteiger partial charge on any atom is -0.397 e. The maximum absolute atomic E-state index is 10.7. The van der Waals surface area contributed by atoms with Gasteiger partial charge < -0.3 is 11.1 Å². The number of non-ortho nitro benzene ring substituents is 1. The van der Waals surface area contributed by atoms with Gasteiger partial charge in [0.25, 0.3) is 5.69 Å². The number of hydrogen-bond acceptors (Lipinski definition) is 4. The second kappa shape index (κ2) is 6.06. The maximum Gasteiger partial charge on any atom is 0.271 e. The van der Waals surface area contributed by atoms with Crippen LogP contribution in [0.15, 0.2) is 48.5 Å². The number of nitrogens with two attached hydrogens (primary N) is 1. The fourth-order valence-corrected chi connectivity index (χ4v) is 2.08. The summed E-state index contributed by atoms with van der Waals surface area (Å²) in [6.07, 6.45) is 0.858. The van der Waals surface area contributed by atoms with E-state index in [-0.39, 0.29) is 11.7 Å². The summed E-state index contributed by atoms with van der Waals surface area (Å²) in [5.41, 5.74) is 8.18. The number of nitrogen functional groups attached to an aromatic ring is 1. The van der Waals surface area contributed by atoms with Crippen LogP contribution in [0.4, 0.5) is 17.1 Å². The van der Waals surface area contributed by atoms with Crippen molar-refractivity contribution in [3.8, 4) is 0 Å². The quantitative estimate of drug-likeness (QED) is 0.497. The summed E-state index contributed by atoms with van der Waals surface area (Å²) >= 11 is 0. The highest BCUT2D eigenvalue weighted by Crippen LogP contribution is 2.25. The molecule has 104 valence electrons. The largest absolute Gasteiger partial charge is 0.397 e. The predicted molar refractivity (Wildman–Crippen MR) is 80.7 cm³/mol. The van der Waals surface area contributed by atoms with Crippen molar-refractivity contribution in [3.05, 3.63) is 64.2 Å². The second-order valence-corrected chi connectivity index (χ2v) is 4.76. The average Bonchev–Trinajstić information content (AvgIpc) is 2.42. The first kappa shape index (κ1) is 13.9. The number of anilines is 2. The molecule has 0 bridgehead atoms. The Kier molecular flexibility index (Phi) is 4.20. The normalized spacial score (nSPS) is 11.8. The van der Waals surface area contributed by atoms with Crippen LogP contribution >= 0.6 is 0 Å². The zero-order valence-electron chi connectivity index (χ0n) is 11.2. The molecular formula is C15H17N3O2. The van der Waals surface area contributed by atoms with E-state index >= 15 is 0 Å². The van der Waals surface area contributed by atoms with Crippen LogP contribution in [-0.2, 0) is 6.42 Å². The van der Waals surface area contributed by atoms with Crippen LogP contribution in [0.5, 0.6) is 0 Å². The fraction of sp³-hybridized carbons (Fsp3) is 0.200. The van der Waals surface area contributed by atoms with Crippen molar-refractivity contribution >= 4 is 17.1 Å². The molecule has 0 heterocycles. The minimum atomic E-state index is -0.451. The Bertz CT molecular complexity index is 599. The third-order valence-electron chi connectivity index (χ3n) is 3.03. The first-order valence-electron chi connectivity index (χ1n) is 6.40. The molecule has 5 heteroatoms. The van der Waals surface area contributed by atoms with Crippen LogP contribution < -0.4 is 11.1 Å². The lowest BCUT2D eigenvalue weighted by atomic mass is 10.1. The fourth-order valence-electron chi connectivity index (χ4n) is 2.08. The van der Waals surface area contributed by atoms with E-state index in [1.54, 1.807) is 6.07 Å². The molecule has 0 aliphatic rings. The summed E-state index contributed by atoms with van der Waals surface area (Å²) in [5.74, 6) is 0. The Morgan fingerprint density at radius 2 is 1.95 bits per heavy atom. The van der Waals surface area contributed by atoms with Gasteiger partial charge in [0, 0.05) is 18.2 Å². The highest BCUT2D eigenvalue weighted by atomic mass is 16.6. The molecule has 2 rings (SSSR count). The van der Waals surface area contributed by atoms with Gasteiger partial charge in [-0.3, -0.25) is 10.1 Å². The molecule has 1 unspecified atom stereocenters. The van der Waals surface area contributed by atoms with Gasteiger partial charge in [-0.2, -0.15) is 0 Å². The van der Waals surface area contributed by atoms with Crippen molar-refractivity contribution in [1.29, 1.82) is 0 Å². The zero-order chi connectivity index (χ0) is 14.5. The Morgan fingerprint density at radius 1 is 1.25 bits per heavy atom. The Hall–Kier alpha value is -2.56. The molecule has 2 aromatic carbocycles. The van der Waals surface area contributed by atoms with Crippen LogP contribution in [0.2, 0.25) is 0 Å². The van der Waals surface area contributed by atoms with Gasteiger partial charge in [-0.05, 0) is 25.0 Å². The first-order valence-corrected chi connectivity index (χ1v) is 6.40. The molecule has 0 aliphatic carbocycles. The van der Waals surface area contributed by atoms with E-state index in [2.05, 4.69) is 17.4 Å². The monoisotopic (exact) mass is 271 g/mol. The molecule has 1 atom stereocenters. The molecule has 0 spiro atoms. The summed E-state index contributed by atoms with van der Waals surface area (Å²) in [5, 5.41) is 13.9. The number of nitrogens with one attached hydrogen (secondary N) is 1. The van der Waals surface area contributed by atoms with E-state index in [4.69, 9.17) is 5.73 Å². The Labute approximate surface area is 117 Å². The van der Waals surface area contributed by atoms with E-state index in [1.807, 2.05) is 25.1 Å². The molecule has 20 heavy (non-hydrogen) atoms. The summed E-state index contributed by atoms with van der Waals surface area (Å²) in [6.45, 7) is 2.05. The van der Waals surface area contributed by atoms with Crippen LogP contribution in [0.1, 0.15) is 12.5 Å². The van der Waals surface area contributed by atoms with Crippen molar-refractivity contribution in [3.63, 3.8) is 0 Å². The summed E-state index contributed by atoms with van der Waals surface area (Å²) in [4.78, 5) is 10.2. The van der Waals surface area contributed by atoms with Crippen LogP contribution in [0, 0.1) is 10.1 Å². The molecule has 5 nitrogen and oxygen atoms in total. The topological polar surface area (TPSA) is 81.2 Å². The number of benzene rings is 2. The van der Waals surface area contributed by atoms with E-state index in [0.717, 1.165) is 12.1 Å². The summed E-state index contributed by atoms with van der Waals surface area (Å²) in [7, 11) is 0. The molecule has 0 aromatic heterocycles. The van der Waals surface area contributed by atoms with Crippen molar-refractivity contribution in [2.24, 2.45) is 0 Å². The highest BCUT2D eigenvalue weighted by molar-refractivity contribution is 5.69. The van der Waals surface area contributed by atoms with Gasteiger partial charge in [0.05, 0.1) is 16.3 Å². The lowest BCUT2D eigenvalue weighted by molar-refractivity contribution is -0.384. The van der Waals surface area contributed by atoms with Crippen molar-refractivity contribution < 1.29 is 4.92 Å². The number of rotatable bonds is 5. The van der Waals surface area contributed by atoms with Crippen molar-refractivity contribution in [2.45, 2.75) is 19.4 Å². The molecule has 0 amide bonds. The standard InChI is InChI=1S/C15H17N3O2/c1-11(9-12-5-3-2-4-6-12)17-15-8-7-13(18(19)20)10-14(15)16/h2-8,10-11,17H,9,16H2,1H3. The molecule has 0 fully saturated rings. The van der Waals surface area contributed by atoms with Gasteiger partial charge >= 0.3 is 0 Å². The van der Waals surface area contributed by atoms with Gasteiger partial charge in [0.2, 0.25) is 0 Å². The number of hydrogen-bond donors (Lipinski definition) is 2.